The summed E-state index contributed by atoms with van der Waals surface area (Å²) in [4.78, 5) is 37.3. The van der Waals surface area contributed by atoms with Gasteiger partial charge in [0.05, 0.1) is 0 Å². The van der Waals surface area contributed by atoms with Crippen molar-refractivity contribution in [2.24, 2.45) is 0 Å². The summed E-state index contributed by atoms with van der Waals surface area (Å²) >= 11 is 0. The monoisotopic (exact) mass is 677 g/mol. The molecule has 0 radical (unpaired) electrons. The third kappa shape index (κ3) is 35.2. The molecule has 1 atom stereocenters. The number of allylic oxidation sites excluding steroid dienone is 4. The molecule has 0 aliphatic heterocycles. The fourth-order valence-electron chi connectivity index (χ4n) is 5.59. The van der Waals surface area contributed by atoms with Crippen molar-refractivity contribution in [3.8, 4) is 0 Å². The number of unbranched alkanes of at least 4 members (excludes halogenated alkanes) is 21. The fourth-order valence-corrected chi connectivity index (χ4v) is 5.59. The van der Waals surface area contributed by atoms with Crippen LogP contribution in [0, 0.1) is 0 Å². The van der Waals surface area contributed by atoms with Gasteiger partial charge in [-0.1, -0.05) is 161 Å². The zero-order valence-electron chi connectivity index (χ0n) is 31.8. The van der Waals surface area contributed by atoms with Crippen molar-refractivity contribution < 1.29 is 28.6 Å². The van der Waals surface area contributed by atoms with Crippen molar-refractivity contribution in [2.75, 3.05) is 13.2 Å². The summed E-state index contributed by atoms with van der Waals surface area (Å²) in [5.41, 5.74) is 0. The maximum absolute atomic E-state index is 12.6. The second-order valence-corrected chi connectivity index (χ2v) is 13.6. The maximum atomic E-state index is 12.6. The van der Waals surface area contributed by atoms with Crippen LogP contribution < -0.4 is 0 Å². The van der Waals surface area contributed by atoms with E-state index in [1.165, 1.54) is 89.9 Å². The minimum atomic E-state index is -0.766. The van der Waals surface area contributed by atoms with Crippen LogP contribution in [0.5, 0.6) is 0 Å². The van der Waals surface area contributed by atoms with Crippen LogP contribution >= 0.6 is 0 Å². The highest BCUT2D eigenvalue weighted by Crippen LogP contribution is 2.13. The second-order valence-electron chi connectivity index (χ2n) is 13.6. The molecule has 0 aliphatic rings. The highest BCUT2D eigenvalue weighted by atomic mass is 16.6. The standard InChI is InChI=1S/C42H76O6/c1-4-7-10-13-16-18-19-20-21-22-23-24-27-29-32-35-41(44)47-38-39(37-46-40(43)34-31-28-25-15-12-9-6-3)48-42(45)36-33-30-26-17-14-11-8-5-2/h16,18,20-21,39H,4-15,17,19,22-38H2,1-3H3/b18-16-,21-20-. The lowest BCUT2D eigenvalue weighted by Crippen LogP contribution is -2.30. The molecule has 0 N–H and O–H groups in total. The molecule has 0 saturated heterocycles. The van der Waals surface area contributed by atoms with Crippen molar-refractivity contribution in [3.63, 3.8) is 0 Å². The van der Waals surface area contributed by atoms with Crippen LogP contribution in [-0.2, 0) is 28.6 Å². The average molecular weight is 677 g/mol. The molecule has 0 aromatic rings. The SMILES string of the molecule is CCCCC/C=C\C/C=C\CCCCCCCC(=O)OCC(COC(=O)CCCCCCCCC)OC(=O)CCCCCCCCCC. The third-order valence-electron chi connectivity index (χ3n) is 8.71. The van der Waals surface area contributed by atoms with Gasteiger partial charge in [0, 0.05) is 19.3 Å². The zero-order chi connectivity index (χ0) is 35.2. The molecule has 1 unspecified atom stereocenters. The Morgan fingerprint density at radius 2 is 0.750 bits per heavy atom. The minimum Gasteiger partial charge on any atom is -0.462 e. The van der Waals surface area contributed by atoms with Crippen LogP contribution in [0.2, 0.25) is 0 Å². The summed E-state index contributed by atoms with van der Waals surface area (Å²) in [5, 5.41) is 0. The van der Waals surface area contributed by atoms with Crippen molar-refractivity contribution in [1.29, 1.82) is 0 Å². The van der Waals surface area contributed by atoms with Crippen LogP contribution in [-0.4, -0.2) is 37.2 Å². The fraction of sp³-hybridized carbons (Fsp3) is 0.833. The zero-order valence-corrected chi connectivity index (χ0v) is 31.8. The first-order valence-electron chi connectivity index (χ1n) is 20.3. The molecule has 0 bridgehead atoms. The molecule has 0 spiro atoms. The Kier molecular flexibility index (Phi) is 36.0. The quantitative estimate of drug-likeness (QED) is 0.0284. The van der Waals surface area contributed by atoms with E-state index in [0.29, 0.717) is 19.3 Å². The van der Waals surface area contributed by atoms with E-state index in [9.17, 15) is 14.4 Å². The van der Waals surface area contributed by atoms with Crippen molar-refractivity contribution >= 4 is 17.9 Å². The first-order chi connectivity index (χ1) is 23.5. The lowest BCUT2D eigenvalue weighted by atomic mass is 10.1. The molecule has 6 heteroatoms. The number of rotatable bonds is 36. The molecule has 0 aromatic carbocycles. The van der Waals surface area contributed by atoms with Gasteiger partial charge in [-0.25, -0.2) is 0 Å². The van der Waals surface area contributed by atoms with Crippen LogP contribution in [0.25, 0.3) is 0 Å². The Labute approximate surface area is 296 Å². The summed E-state index contributed by atoms with van der Waals surface area (Å²) in [6.07, 6.45) is 38.9. The van der Waals surface area contributed by atoms with Crippen LogP contribution in [0.4, 0.5) is 0 Å². The molecular weight excluding hydrogens is 600 g/mol. The van der Waals surface area contributed by atoms with Crippen molar-refractivity contribution in [1.82, 2.24) is 0 Å². The first-order valence-corrected chi connectivity index (χ1v) is 20.3. The Morgan fingerprint density at radius 1 is 0.417 bits per heavy atom. The highest BCUT2D eigenvalue weighted by Gasteiger charge is 2.19. The summed E-state index contributed by atoms with van der Waals surface area (Å²) < 4.78 is 16.5. The summed E-state index contributed by atoms with van der Waals surface area (Å²) in [5.74, 6) is -0.901. The largest absolute Gasteiger partial charge is 0.462 e. The smallest absolute Gasteiger partial charge is 0.306 e. The lowest BCUT2D eigenvalue weighted by Gasteiger charge is -2.18. The maximum Gasteiger partial charge on any atom is 0.306 e. The molecule has 0 fully saturated rings. The second kappa shape index (κ2) is 37.7. The molecule has 6 nitrogen and oxygen atoms in total. The Hall–Kier alpha value is -2.11. The predicted octanol–water partition coefficient (Wildman–Crippen LogP) is 12.5. The number of carbonyl (C=O) groups excluding carboxylic acids is 3. The molecule has 0 saturated carbocycles. The average Bonchev–Trinajstić information content (AvgIpc) is 3.08. The third-order valence-corrected chi connectivity index (χ3v) is 8.71. The molecule has 280 valence electrons. The Bertz CT molecular complexity index is 789. The predicted molar refractivity (Wildman–Crippen MR) is 201 cm³/mol. The van der Waals surface area contributed by atoms with Crippen LogP contribution in [0.3, 0.4) is 0 Å². The van der Waals surface area contributed by atoms with E-state index in [0.717, 1.165) is 77.0 Å². The van der Waals surface area contributed by atoms with Gasteiger partial charge in [-0.2, -0.15) is 0 Å². The summed E-state index contributed by atoms with van der Waals surface area (Å²) in [6.45, 7) is 6.51. The van der Waals surface area contributed by atoms with E-state index in [2.05, 4.69) is 45.1 Å². The topological polar surface area (TPSA) is 78.9 Å². The molecule has 48 heavy (non-hydrogen) atoms. The highest BCUT2D eigenvalue weighted by molar-refractivity contribution is 5.71. The lowest BCUT2D eigenvalue weighted by molar-refractivity contribution is -0.167. The van der Waals surface area contributed by atoms with Crippen LogP contribution in [0.1, 0.15) is 207 Å². The molecule has 0 aromatic heterocycles. The minimum absolute atomic E-state index is 0.0739. The van der Waals surface area contributed by atoms with E-state index in [1.54, 1.807) is 0 Å². The van der Waals surface area contributed by atoms with Gasteiger partial charge in [0.25, 0.3) is 0 Å². The Balaban J connectivity index is 4.30. The summed E-state index contributed by atoms with van der Waals surface area (Å²) in [6, 6.07) is 0. The van der Waals surface area contributed by atoms with Gasteiger partial charge in [-0.15, -0.1) is 0 Å². The van der Waals surface area contributed by atoms with Gasteiger partial charge in [-0.05, 0) is 51.4 Å². The van der Waals surface area contributed by atoms with Crippen molar-refractivity contribution in [2.45, 2.75) is 213 Å². The van der Waals surface area contributed by atoms with E-state index >= 15 is 0 Å². The number of ether oxygens (including phenoxy) is 3. The molecule has 0 heterocycles. The molecule has 0 aliphatic carbocycles. The van der Waals surface area contributed by atoms with Crippen molar-refractivity contribution in [3.05, 3.63) is 24.3 Å². The van der Waals surface area contributed by atoms with Gasteiger partial charge < -0.3 is 14.2 Å². The molecular formula is C42H76O6. The van der Waals surface area contributed by atoms with Crippen LogP contribution in [0.15, 0.2) is 24.3 Å². The van der Waals surface area contributed by atoms with E-state index in [-0.39, 0.29) is 31.1 Å². The van der Waals surface area contributed by atoms with E-state index in [1.807, 2.05) is 0 Å². The van der Waals surface area contributed by atoms with Gasteiger partial charge in [0.1, 0.15) is 13.2 Å². The summed E-state index contributed by atoms with van der Waals surface area (Å²) in [7, 11) is 0. The number of esters is 3. The normalized spacial score (nSPS) is 12.1. The van der Waals surface area contributed by atoms with Gasteiger partial charge >= 0.3 is 17.9 Å². The first kappa shape index (κ1) is 45.9. The molecule has 0 amide bonds. The number of carbonyl (C=O) groups is 3. The molecule has 0 rings (SSSR count). The van der Waals surface area contributed by atoms with E-state index < -0.39 is 6.10 Å². The Morgan fingerprint density at radius 3 is 1.19 bits per heavy atom. The number of hydrogen-bond donors (Lipinski definition) is 0. The van der Waals surface area contributed by atoms with Gasteiger partial charge in [0.2, 0.25) is 0 Å². The number of hydrogen-bond acceptors (Lipinski definition) is 6. The van der Waals surface area contributed by atoms with Gasteiger partial charge in [0.15, 0.2) is 6.10 Å². The van der Waals surface area contributed by atoms with Gasteiger partial charge in [-0.3, -0.25) is 14.4 Å². The van der Waals surface area contributed by atoms with E-state index in [4.69, 9.17) is 14.2 Å².